The fourth-order valence-electron chi connectivity index (χ4n) is 2.10. The van der Waals surface area contributed by atoms with Gasteiger partial charge in [-0.25, -0.2) is 4.98 Å². The van der Waals surface area contributed by atoms with Crippen molar-refractivity contribution in [3.05, 3.63) is 22.8 Å². The summed E-state index contributed by atoms with van der Waals surface area (Å²) in [6.45, 7) is 3.46. The van der Waals surface area contributed by atoms with E-state index in [4.69, 9.17) is 16.3 Å². The monoisotopic (exact) mass is 283 g/mol. The number of carbonyl (C=O) groups excluding carboxylic acids is 1. The first-order valence-electron chi connectivity index (χ1n) is 6.33. The molecule has 2 atom stereocenters. The Hall–Kier alpha value is -1.33. The fourth-order valence-corrected chi connectivity index (χ4v) is 2.29. The zero-order valence-electron chi connectivity index (χ0n) is 11.1. The maximum Gasteiger partial charge on any atom is 0.253 e. The zero-order valence-corrected chi connectivity index (χ0v) is 11.8. The number of hydrogen-bond acceptors (Lipinski definition) is 4. The van der Waals surface area contributed by atoms with E-state index >= 15 is 0 Å². The largest absolute Gasteiger partial charge is 0.381 e. The standard InChI is InChI=1S/C13H18ClN3O2/c1-8(9-3-4-19-7-9)17-13(18)10-5-12(15-2)16-6-11(10)14/h5-6,8-9H,3-4,7H2,1-2H3,(H,15,16)(H,17,18). The van der Waals surface area contributed by atoms with Crippen LogP contribution in [0.15, 0.2) is 12.3 Å². The van der Waals surface area contributed by atoms with Crippen LogP contribution in [0.2, 0.25) is 5.02 Å². The molecule has 104 valence electrons. The van der Waals surface area contributed by atoms with Crippen LogP contribution in [0.25, 0.3) is 0 Å². The average Bonchev–Trinajstić information content (AvgIpc) is 2.93. The van der Waals surface area contributed by atoms with Crippen molar-refractivity contribution < 1.29 is 9.53 Å². The highest BCUT2D eigenvalue weighted by atomic mass is 35.5. The van der Waals surface area contributed by atoms with E-state index in [1.807, 2.05) is 6.92 Å². The van der Waals surface area contributed by atoms with E-state index in [1.165, 1.54) is 6.20 Å². The summed E-state index contributed by atoms with van der Waals surface area (Å²) < 4.78 is 5.33. The first kappa shape index (κ1) is 14.1. The number of rotatable bonds is 4. The molecule has 1 saturated heterocycles. The fraction of sp³-hybridized carbons (Fsp3) is 0.538. The Kier molecular flexibility index (Phi) is 4.61. The number of carbonyl (C=O) groups is 1. The maximum absolute atomic E-state index is 12.2. The van der Waals surface area contributed by atoms with Crippen molar-refractivity contribution in [3.8, 4) is 0 Å². The lowest BCUT2D eigenvalue weighted by Crippen LogP contribution is -2.38. The molecular weight excluding hydrogens is 266 g/mol. The molecule has 2 unspecified atom stereocenters. The van der Waals surface area contributed by atoms with Gasteiger partial charge in [0.05, 0.1) is 17.2 Å². The normalized spacial score (nSPS) is 20.1. The molecule has 1 aliphatic rings. The van der Waals surface area contributed by atoms with Crippen LogP contribution in [0.4, 0.5) is 5.82 Å². The lowest BCUT2D eigenvalue weighted by atomic mass is 10.0. The van der Waals surface area contributed by atoms with Gasteiger partial charge in [-0.1, -0.05) is 11.6 Å². The number of ether oxygens (including phenoxy) is 1. The third-order valence-corrected chi connectivity index (χ3v) is 3.69. The first-order valence-corrected chi connectivity index (χ1v) is 6.71. The molecule has 2 heterocycles. The van der Waals surface area contributed by atoms with Crippen molar-refractivity contribution in [2.75, 3.05) is 25.6 Å². The minimum Gasteiger partial charge on any atom is -0.381 e. The smallest absolute Gasteiger partial charge is 0.253 e. The second kappa shape index (κ2) is 6.21. The summed E-state index contributed by atoms with van der Waals surface area (Å²) >= 11 is 6.02. The Bertz CT molecular complexity index is 461. The summed E-state index contributed by atoms with van der Waals surface area (Å²) in [6, 6.07) is 1.72. The van der Waals surface area contributed by atoms with Crippen molar-refractivity contribution in [2.24, 2.45) is 5.92 Å². The van der Waals surface area contributed by atoms with Gasteiger partial charge in [-0.05, 0) is 19.4 Å². The molecule has 0 saturated carbocycles. The average molecular weight is 284 g/mol. The van der Waals surface area contributed by atoms with Crippen molar-refractivity contribution in [1.82, 2.24) is 10.3 Å². The molecule has 1 aromatic rings. The van der Waals surface area contributed by atoms with Gasteiger partial charge in [-0.15, -0.1) is 0 Å². The van der Waals surface area contributed by atoms with E-state index in [9.17, 15) is 4.79 Å². The number of amides is 1. The van der Waals surface area contributed by atoms with Gasteiger partial charge in [-0.2, -0.15) is 0 Å². The van der Waals surface area contributed by atoms with Crippen LogP contribution in [0.5, 0.6) is 0 Å². The Morgan fingerprint density at radius 2 is 2.42 bits per heavy atom. The van der Waals surface area contributed by atoms with Gasteiger partial charge in [0, 0.05) is 31.8 Å². The van der Waals surface area contributed by atoms with E-state index in [2.05, 4.69) is 15.6 Å². The topological polar surface area (TPSA) is 63.2 Å². The summed E-state index contributed by atoms with van der Waals surface area (Å²) in [5.74, 6) is 0.808. The van der Waals surface area contributed by atoms with E-state index in [0.717, 1.165) is 13.0 Å². The molecule has 1 amide bonds. The van der Waals surface area contributed by atoms with Gasteiger partial charge >= 0.3 is 0 Å². The lowest BCUT2D eigenvalue weighted by molar-refractivity contribution is 0.0922. The van der Waals surface area contributed by atoms with Crippen molar-refractivity contribution in [1.29, 1.82) is 0 Å². The van der Waals surface area contributed by atoms with Crippen LogP contribution in [-0.4, -0.2) is 37.2 Å². The Morgan fingerprint density at radius 3 is 3.05 bits per heavy atom. The first-order chi connectivity index (χ1) is 9.11. The van der Waals surface area contributed by atoms with Crippen molar-refractivity contribution in [2.45, 2.75) is 19.4 Å². The third kappa shape index (κ3) is 3.36. The molecule has 5 nitrogen and oxygen atoms in total. The summed E-state index contributed by atoms with van der Waals surface area (Å²) in [5, 5.41) is 6.21. The lowest BCUT2D eigenvalue weighted by Gasteiger charge is -2.19. The molecule has 2 N–H and O–H groups in total. The van der Waals surface area contributed by atoms with Crippen molar-refractivity contribution in [3.63, 3.8) is 0 Å². The van der Waals surface area contributed by atoms with Gasteiger partial charge in [0.15, 0.2) is 0 Å². The van der Waals surface area contributed by atoms with Crippen LogP contribution >= 0.6 is 11.6 Å². The molecule has 1 aliphatic heterocycles. The molecule has 0 aliphatic carbocycles. The van der Waals surface area contributed by atoms with Gasteiger partial charge in [0.25, 0.3) is 5.91 Å². The predicted molar refractivity (Wildman–Crippen MR) is 74.6 cm³/mol. The highest BCUT2D eigenvalue weighted by molar-refractivity contribution is 6.33. The highest BCUT2D eigenvalue weighted by Crippen LogP contribution is 2.20. The zero-order chi connectivity index (χ0) is 13.8. The molecule has 0 radical (unpaired) electrons. The van der Waals surface area contributed by atoms with Gasteiger partial charge in [0.1, 0.15) is 5.82 Å². The van der Waals surface area contributed by atoms with E-state index in [-0.39, 0.29) is 11.9 Å². The minimum atomic E-state index is -0.177. The second-order valence-corrected chi connectivity index (χ2v) is 5.09. The van der Waals surface area contributed by atoms with Crippen molar-refractivity contribution >= 4 is 23.3 Å². The third-order valence-electron chi connectivity index (χ3n) is 3.39. The molecule has 0 spiro atoms. The van der Waals surface area contributed by atoms with E-state index in [1.54, 1.807) is 13.1 Å². The van der Waals surface area contributed by atoms with Crippen LogP contribution < -0.4 is 10.6 Å². The van der Waals surface area contributed by atoms with Crippen LogP contribution in [0, 0.1) is 5.92 Å². The molecule has 0 bridgehead atoms. The minimum absolute atomic E-state index is 0.0669. The Morgan fingerprint density at radius 1 is 1.63 bits per heavy atom. The SMILES string of the molecule is CNc1cc(C(=O)NC(C)C2CCOC2)c(Cl)cn1. The number of aromatic nitrogens is 1. The molecular formula is C13H18ClN3O2. The van der Waals surface area contributed by atoms with E-state index < -0.39 is 0 Å². The van der Waals surface area contributed by atoms with Gasteiger partial charge < -0.3 is 15.4 Å². The van der Waals surface area contributed by atoms with Gasteiger partial charge in [-0.3, -0.25) is 4.79 Å². The van der Waals surface area contributed by atoms with Crippen LogP contribution in [0.3, 0.4) is 0 Å². The summed E-state index contributed by atoms with van der Waals surface area (Å²) in [7, 11) is 1.75. The molecule has 2 rings (SSSR count). The maximum atomic E-state index is 12.2. The molecule has 0 aromatic carbocycles. The number of nitrogens with one attached hydrogen (secondary N) is 2. The Balaban J connectivity index is 2.06. The summed E-state index contributed by atoms with van der Waals surface area (Å²) in [6.07, 6.45) is 2.46. The predicted octanol–water partition coefficient (Wildman–Crippen LogP) is 1.93. The summed E-state index contributed by atoms with van der Waals surface area (Å²) in [4.78, 5) is 16.3. The summed E-state index contributed by atoms with van der Waals surface area (Å²) in [5.41, 5.74) is 0.437. The number of nitrogens with zero attached hydrogens (tertiary/aromatic N) is 1. The molecule has 1 fully saturated rings. The molecule has 1 aromatic heterocycles. The molecule has 19 heavy (non-hydrogen) atoms. The van der Waals surface area contributed by atoms with Gasteiger partial charge in [0.2, 0.25) is 0 Å². The molecule has 6 heteroatoms. The number of anilines is 1. The van der Waals surface area contributed by atoms with E-state index in [0.29, 0.717) is 28.9 Å². The number of hydrogen-bond donors (Lipinski definition) is 2. The second-order valence-electron chi connectivity index (χ2n) is 4.69. The quantitative estimate of drug-likeness (QED) is 0.886. The Labute approximate surface area is 117 Å². The number of halogens is 1. The number of pyridine rings is 1. The van der Waals surface area contributed by atoms with Crippen LogP contribution in [0.1, 0.15) is 23.7 Å². The highest BCUT2D eigenvalue weighted by Gasteiger charge is 2.24. The van der Waals surface area contributed by atoms with Crippen LogP contribution in [-0.2, 0) is 4.74 Å².